The van der Waals surface area contributed by atoms with Crippen molar-refractivity contribution in [2.75, 3.05) is 38.0 Å². The molecule has 8 heteroatoms. The van der Waals surface area contributed by atoms with Crippen LogP contribution in [0.15, 0.2) is 23.1 Å². The average Bonchev–Trinajstić information content (AvgIpc) is 3.18. The fourth-order valence-electron chi connectivity index (χ4n) is 3.60. The van der Waals surface area contributed by atoms with E-state index in [0.29, 0.717) is 36.8 Å². The van der Waals surface area contributed by atoms with Crippen molar-refractivity contribution in [2.45, 2.75) is 43.9 Å². The van der Waals surface area contributed by atoms with Gasteiger partial charge in [-0.2, -0.15) is 4.31 Å². The van der Waals surface area contributed by atoms with Crippen molar-refractivity contribution in [2.24, 2.45) is 5.92 Å². The van der Waals surface area contributed by atoms with Crippen LogP contribution in [0.4, 0.5) is 5.69 Å². The van der Waals surface area contributed by atoms with E-state index in [-0.39, 0.29) is 10.8 Å². The number of hydrogen-bond donors (Lipinski definition) is 1. The molecule has 0 spiro atoms. The monoisotopic (exact) mass is 413 g/mol. The SMILES string of the molecule is CC1CCN(CCC(=O)Nc2cc(S(=O)(=O)N3CCCC3)ccc2Cl)CC1. The zero-order valence-electron chi connectivity index (χ0n) is 15.8. The molecular weight excluding hydrogens is 386 g/mol. The van der Waals surface area contributed by atoms with Gasteiger partial charge in [0.25, 0.3) is 0 Å². The van der Waals surface area contributed by atoms with Crippen LogP contribution >= 0.6 is 11.6 Å². The number of carbonyl (C=O) groups is 1. The Balaban J connectivity index is 1.61. The quantitative estimate of drug-likeness (QED) is 0.777. The van der Waals surface area contributed by atoms with E-state index in [0.717, 1.165) is 31.8 Å². The van der Waals surface area contributed by atoms with Crippen molar-refractivity contribution in [1.29, 1.82) is 0 Å². The van der Waals surface area contributed by atoms with Crippen LogP contribution in [0.2, 0.25) is 5.02 Å². The lowest BCUT2D eigenvalue weighted by Gasteiger charge is -2.29. The van der Waals surface area contributed by atoms with Crippen molar-refractivity contribution >= 4 is 33.2 Å². The van der Waals surface area contributed by atoms with E-state index in [9.17, 15) is 13.2 Å². The Morgan fingerprint density at radius 1 is 1.19 bits per heavy atom. The number of carbonyl (C=O) groups excluding carboxylic acids is 1. The number of likely N-dealkylation sites (tertiary alicyclic amines) is 1. The Kier molecular flexibility index (Phi) is 6.78. The molecule has 0 saturated carbocycles. The summed E-state index contributed by atoms with van der Waals surface area (Å²) in [6, 6.07) is 4.50. The molecule has 0 unspecified atom stereocenters. The van der Waals surface area contributed by atoms with Crippen LogP contribution in [0.3, 0.4) is 0 Å². The number of amides is 1. The van der Waals surface area contributed by atoms with Crippen LogP contribution in [-0.2, 0) is 14.8 Å². The molecule has 6 nitrogen and oxygen atoms in total. The first-order valence-corrected chi connectivity index (χ1v) is 11.5. The van der Waals surface area contributed by atoms with Gasteiger partial charge in [0.1, 0.15) is 0 Å². The summed E-state index contributed by atoms with van der Waals surface area (Å²) in [4.78, 5) is 14.8. The molecule has 0 radical (unpaired) electrons. The third kappa shape index (κ3) is 5.22. The van der Waals surface area contributed by atoms with Gasteiger partial charge in [-0.05, 0) is 62.9 Å². The third-order valence-corrected chi connectivity index (χ3v) is 7.67. The zero-order chi connectivity index (χ0) is 19.4. The molecule has 3 rings (SSSR count). The second-order valence-corrected chi connectivity index (χ2v) is 9.92. The largest absolute Gasteiger partial charge is 0.325 e. The van der Waals surface area contributed by atoms with Crippen molar-refractivity contribution in [3.63, 3.8) is 0 Å². The van der Waals surface area contributed by atoms with Gasteiger partial charge in [0.15, 0.2) is 0 Å². The average molecular weight is 414 g/mol. The standard InChI is InChI=1S/C19H28ClN3O3S/c1-15-6-11-22(12-7-15)13-8-19(24)21-18-14-16(4-5-17(18)20)27(25,26)23-9-2-3-10-23/h4-5,14-15H,2-3,6-13H2,1H3,(H,21,24). The molecule has 1 aromatic rings. The topological polar surface area (TPSA) is 69.7 Å². The summed E-state index contributed by atoms with van der Waals surface area (Å²) in [5.41, 5.74) is 0.356. The van der Waals surface area contributed by atoms with Crippen LogP contribution < -0.4 is 5.32 Å². The molecule has 0 aromatic heterocycles. The lowest BCUT2D eigenvalue weighted by Crippen LogP contribution is -2.35. The van der Waals surface area contributed by atoms with E-state index in [4.69, 9.17) is 11.6 Å². The summed E-state index contributed by atoms with van der Waals surface area (Å²) < 4.78 is 26.9. The molecule has 2 saturated heterocycles. The summed E-state index contributed by atoms with van der Waals surface area (Å²) in [5, 5.41) is 3.12. The van der Waals surface area contributed by atoms with E-state index in [1.807, 2.05) is 0 Å². The minimum absolute atomic E-state index is 0.147. The Morgan fingerprint density at radius 2 is 1.85 bits per heavy atom. The van der Waals surface area contributed by atoms with Crippen molar-refractivity contribution in [1.82, 2.24) is 9.21 Å². The molecule has 1 aromatic carbocycles. The number of benzene rings is 1. The van der Waals surface area contributed by atoms with E-state index >= 15 is 0 Å². The van der Waals surface area contributed by atoms with Gasteiger partial charge in [0.2, 0.25) is 15.9 Å². The lowest BCUT2D eigenvalue weighted by atomic mass is 9.99. The van der Waals surface area contributed by atoms with E-state index < -0.39 is 10.0 Å². The number of hydrogen-bond acceptors (Lipinski definition) is 4. The van der Waals surface area contributed by atoms with Crippen LogP contribution in [0.25, 0.3) is 0 Å². The number of halogens is 1. The Hall–Kier alpha value is -1.15. The van der Waals surface area contributed by atoms with Gasteiger partial charge in [0.05, 0.1) is 15.6 Å². The molecule has 0 atom stereocenters. The second-order valence-electron chi connectivity index (χ2n) is 7.58. The van der Waals surface area contributed by atoms with Gasteiger partial charge in [-0.3, -0.25) is 4.79 Å². The summed E-state index contributed by atoms with van der Waals surface area (Å²) in [6.45, 7) is 6.11. The van der Waals surface area contributed by atoms with Gasteiger partial charge >= 0.3 is 0 Å². The molecule has 0 bridgehead atoms. The van der Waals surface area contributed by atoms with Crippen LogP contribution in [0.5, 0.6) is 0 Å². The Labute approximate surface area is 166 Å². The first-order valence-electron chi connectivity index (χ1n) is 9.68. The van der Waals surface area contributed by atoms with Crippen LogP contribution in [-0.4, -0.2) is 56.3 Å². The van der Waals surface area contributed by atoms with Crippen LogP contribution in [0.1, 0.15) is 39.0 Å². The highest BCUT2D eigenvalue weighted by Crippen LogP contribution is 2.28. The summed E-state index contributed by atoms with van der Waals surface area (Å²) in [6.07, 6.45) is 4.47. The summed E-state index contributed by atoms with van der Waals surface area (Å²) in [7, 11) is -3.53. The number of anilines is 1. The molecule has 2 aliphatic rings. The van der Waals surface area contributed by atoms with Gasteiger partial charge < -0.3 is 10.2 Å². The maximum absolute atomic E-state index is 12.7. The first-order chi connectivity index (χ1) is 12.9. The number of rotatable bonds is 6. The fourth-order valence-corrected chi connectivity index (χ4v) is 5.30. The summed E-state index contributed by atoms with van der Waals surface area (Å²) in [5.74, 6) is 0.612. The fraction of sp³-hybridized carbons (Fsp3) is 0.632. The van der Waals surface area contributed by atoms with Gasteiger partial charge in [-0.25, -0.2) is 8.42 Å². The Morgan fingerprint density at radius 3 is 2.52 bits per heavy atom. The zero-order valence-corrected chi connectivity index (χ0v) is 17.4. The van der Waals surface area contributed by atoms with Crippen molar-refractivity contribution in [3.8, 4) is 0 Å². The molecule has 2 heterocycles. The maximum Gasteiger partial charge on any atom is 0.243 e. The Bertz CT molecular complexity index is 770. The molecule has 27 heavy (non-hydrogen) atoms. The highest BCUT2D eigenvalue weighted by molar-refractivity contribution is 7.89. The second kappa shape index (κ2) is 8.90. The molecule has 1 N–H and O–H groups in total. The molecule has 2 fully saturated rings. The highest BCUT2D eigenvalue weighted by Gasteiger charge is 2.27. The predicted octanol–water partition coefficient (Wildman–Crippen LogP) is 3.19. The predicted molar refractivity (Wildman–Crippen MR) is 108 cm³/mol. The van der Waals surface area contributed by atoms with E-state index in [2.05, 4.69) is 17.1 Å². The molecule has 2 aliphatic heterocycles. The van der Waals surface area contributed by atoms with Crippen LogP contribution in [0, 0.1) is 5.92 Å². The molecular formula is C19H28ClN3O3S. The minimum atomic E-state index is -3.53. The normalized spacial score (nSPS) is 20.1. The number of nitrogens with one attached hydrogen (secondary N) is 1. The molecule has 0 aliphatic carbocycles. The number of nitrogens with zero attached hydrogens (tertiary/aromatic N) is 2. The summed E-state index contributed by atoms with van der Waals surface area (Å²) >= 11 is 6.18. The third-order valence-electron chi connectivity index (χ3n) is 5.45. The van der Waals surface area contributed by atoms with E-state index in [1.165, 1.54) is 35.3 Å². The lowest BCUT2D eigenvalue weighted by molar-refractivity contribution is -0.116. The first kappa shape index (κ1) is 20.6. The van der Waals surface area contributed by atoms with Crippen molar-refractivity contribution < 1.29 is 13.2 Å². The van der Waals surface area contributed by atoms with Crippen molar-refractivity contribution in [3.05, 3.63) is 23.2 Å². The molecule has 150 valence electrons. The van der Waals surface area contributed by atoms with Gasteiger partial charge in [-0.1, -0.05) is 18.5 Å². The van der Waals surface area contributed by atoms with E-state index in [1.54, 1.807) is 0 Å². The maximum atomic E-state index is 12.7. The number of sulfonamides is 1. The smallest absolute Gasteiger partial charge is 0.243 e. The molecule has 1 amide bonds. The van der Waals surface area contributed by atoms with Gasteiger partial charge in [0, 0.05) is 26.1 Å². The minimum Gasteiger partial charge on any atom is -0.325 e. The highest BCUT2D eigenvalue weighted by atomic mass is 35.5. The number of piperidine rings is 1. The van der Waals surface area contributed by atoms with Gasteiger partial charge in [-0.15, -0.1) is 0 Å².